The number of H-pyrrole nitrogens is 1. The third kappa shape index (κ3) is 4.04. The normalized spacial score (nSPS) is 21.9. The molecule has 6 rings (SSSR count). The van der Waals surface area contributed by atoms with Crippen molar-refractivity contribution in [3.63, 3.8) is 0 Å². The highest BCUT2D eigenvalue weighted by Gasteiger charge is 2.37. The van der Waals surface area contributed by atoms with Gasteiger partial charge < -0.3 is 14.5 Å². The van der Waals surface area contributed by atoms with Crippen molar-refractivity contribution in [3.8, 4) is 0 Å². The largest absolute Gasteiger partial charge is 0.347 e. The molecule has 10 heteroatoms. The topological polar surface area (TPSA) is 86.9 Å². The smallest absolute Gasteiger partial charge is 0.205 e. The summed E-state index contributed by atoms with van der Waals surface area (Å²) < 4.78 is 4.54. The number of rotatable bonds is 6. The maximum absolute atomic E-state index is 5.10. The van der Waals surface area contributed by atoms with E-state index in [1.165, 1.54) is 17.8 Å². The van der Waals surface area contributed by atoms with Crippen LogP contribution in [0.3, 0.4) is 0 Å². The average Bonchev–Trinajstić information content (AvgIpc) is 3.62. The molecule has 2 atom stereocenters. The van der Waals surface area contributed by atoms with Gasteiger partial charge in [-0.2, -0.15) is 5.10 Å². The Bertz CT molecular complexity index is 1200. The van der Waals surface area contributed by atoms with Gasteiger partial charge in [0.1, 0.15) is 5.82 Å². The fourth-order valence-corrected chi connectivity index (χ4v) is 6.22. The van der Waals surface area contributed by atoms with Crippen LogP contribution in [0, 0.1) is 0 Å². The van der Waals surface area contributed by atoms with Gasteiger partial charge in [0.05, 0.1) is 36.3 Å². The summed E-state index contributed by atoms with van der Waals surface area (Å²) in [5, 5.41) is 4.99. The Morgan fingerprint density at radius 1 is 1.08 bits per heavy atom. The van der Waals surface area contributed by atoms with Crippen LogP contribution in [0.15, 0.2) is 18.7 Å². The first-order chi connectivity index (χ1) is 17.3. The molecule has 3 aliphatic rings. The van der Waals surface area contributed by atoms with E-state index in [9.17, 15) is 0 Å². The molecule has 36 heavy (non-hydrogen) atoms. The van der Waals surface area contributed by atoms with Crippen molar-refractivity contribution in [3.05, 3.63) is 41.8 Å². The molecule has 3 aromatic heterocycles. The van der Waals surface area contributed by atoms with E-state index >= 15 is 0 Å². The lowest BCUT2D eigenvalue weighted by Crippen LogP contribution is -2.45. The van der Waals surface area contributed by atoms with Crippen molar-refractivity contribution in [2.45, 2.75) is 97.2 Å². The maximum atomic E-state index is 5.10. The Labute approximate surface area is 213 Å². The van der Waals surface area contributed by atoms with Crippen LogP contribution in [0.5, 0.6) is 0 Å². The van der Waals surface area contributed by atoms with Gasteiger partial charge in [-0.25, -0.2) is 19.6 Å². The molecule has 1 N–H and O–H groups in total. The molecule has 0 radical (unpaired) electrons. The van der Waals surface area contributed by atoms with Gasteiger partial charge in [-0.15, -0.1) is 0 Å². The van der Waals surface area contributed by atoms with E-state index < -0.39 is 0 Å². The number of nitrogens with one attached hydrogen (secondary N) is 1. The predicted molar refractivity (Wildman–Crippen MR) is 139 cm³/mol. The Balaban J connectivity index is 1.13. The number of imidazole rings is 2. The number of hydrogen-bond donors (Lipinski definition) is 1. The molecule has 0 aromatic carbocycles. The Hall–Kier alpha value is -2.72. The van der Waals surface area contributed by atoms with Crippen LogP contribution >= 0.6 is 0 Å². The molecule has 0 spiro atoms. The molecule has 0 fully saturated rings. The van der Waals surface area contributed by atoms with Crippen molar-refractivity contribution < 1.29 is 0 Å². The van der Waals surface area contributed by atoms with E-state index in [4.69, 9.17) is 10.1 Å². The van der Waals surface area contributed by atoms with E-state index in [-0.39, 0.29) is 5.54 Å². The van der Waals surface area contributed by atoms with Crippen LogP contribution in [0.25, 0.3) is 0 Å². The molecule has 3 aromatic rings. The molecular formula is C26H40N10. The third-order valence-corrected chi connectivity index (χ3v) is 8.67. The first kappa shape index (κ1) is 23.7. The number of hydrogen-bond acceptors (Lipinski definition) is 7. The summed E-state index contributed by atoms with van der Waals surface area (Å²) in [7, 11) is 0. The third-order valence-electron chi connectivity index (χ3n) is 8.67. The molecule has 3 aliphatic heterocycles. The summed E-state index contributed by atoms with van der Waals surface area (Å²) in [6, 6.07) is 1.44. The second-order valence-electron chi connectivity index (χ2n) is 11.6. The number of aromatic amines is 1. The summed E-state index contributed by atoms with van der Waals surface area (Å²) in [4.78, 5) is 25.0. The second-order valence-corrected chi connectivity index (χ2v) is 11.6. The molecule has 2 unspecified atom stereocenters. The standard InChI is InChI=1S/C26H40N10/c1-18(2)34-10-6-20(35-11-8-27-25(34)35)14-19(3)32-12-13-36-23(16-32)30-24(31-36)26(4,5)33-9-7-21-22(15-33)29-17-28-21/h8,11,17-20H,6-7,9-10,12-16H2,1-5H3,(H,28,29). The van der Waals surface area contributed by atoms with Crippen molar-refractivity contribution in [2.75, 3.05) is 24.5 Å². The highest BCUT2D eigenvalue weighted by Crippen LogP contribution is 2.34. The van der Waals surface area contributed by atoms with Crippen LogP contribution in [0.4, 0.5) is 5.95 Å². The Kier molecular flexibility index (Phi) is 5.91. The number of fused-ring (bicyclic) bond motifs is 3. The summed E-state index contributed by atoms with van der Waals surface area (Å²) in [5.74, 6) is 3.14. The van der Waals surface area contributed by atoms with E-state index in [1.807, 2.05) is 12.5 Å². The number of aromatic nitrogens is 7. The first-order valence-electron chi connectivity index (χ1n) is 13.5. The molecule has 0 saturated heterocycles. The van der Waals surface area contributed by atoms with Gasteiger partial charge in [0.15, 0.2) is 5.82 Å². The number of nitrogens with zero attached hydrogens (tertiary/aromatic N) is 9. The zero-order valence-electron chi connectivity index (χ0n) is 22.4. The summed E-state index contributed by atoms with van der Waals surface area (Å²) >= 11 is 0. The van der Waals surface area contributed by atoms with Gasteiger partial charge in [0.25, 0.3) is 0 Å². The molecule has 0 amide bonds. The minimum atomic E-state index is -0.230. The van der Waals surface area contributed by atoms with Gasteiger partial charge in [-0.1, -0.05) is 0 Å². The molecular weight excluding hydrogens is 452 g/mol. The minimum Gasteiger partial charge on any atom is -0.347 e. The van der Waals surface area contributed by atoms with E-state index in [0.717, 1.165) is 69.7 Å². The lowest BCUT2D eigenvalue weighted by Gasteiger charge is -2.39. The van der Waals surface area contributed by atoms with Gasteiger partial charge >= 0.3 is 0 Å². The molecule has 10 nitrogen and oxygen atoms in total. The fourth-order valence-electron chi connectivity index (χ4n) is 6.22. The zero-order chi connectivity index (χ0) is 25.0. The summed E-state index contributed by atoms with van der Waals surface area (Å²) in [6.07, 6.45) is 9.19. The quantitative estimate of drug-likeness (QED) is 0.566. The molecule has 0 saturated carbocycles. The van der Waals surface area contributed by atoms with Crippen LogP contribution in [0.2, 0.25) is 0 Å². The zero-order valence-corrected chi connectivity index (χ0v) is 22.4. The maximum Gasteiger partial charge on any atom is 0.205 e. The van der Waals surface area contributed by atoms with Crippen molar-refractivity contribution in [2.24, 2.45) is 0 Å². The van der Waals surface area contributed by atoms with Crippen molar-refractivity contribution in [1.29, 1.82) is 0 Å². The minimum absolute atomic E-state index is 0.230. The fraction of sp³-hybridized carbons (Fsp3) is 0.692. The highest BCUT2D eigenvalue weighted by molar-refractivity contribution is 5.35. The Morgan fingerprint density at radius 2 is 1.94 bits per heavy atom. The molecule has 194 valence electrons. The van der Waals surface area contributed by atoms with Crippen LogP contribution in [-0.2, 0) is 31.6 Å². The Morgan fingerprint density at radius 3 is 2.78 bits per heavy atom. The van der Waals surface area contributed by atoms with Gasteiger partial charge in [-0.3, -0.25) is 9.80 Å². The highest BCUT2D eigenvalue weighted by atomic mass is 15.4. The van der Waals surface area contributed by atoms with E-state index in [0.29, 0.717) is 18.1 Å². The molecule has 0 aliphatic carbocycles. The molecule has 6 heterocycles. The summed E-state index contributed by atoms with van der Waals surface area (Å²) in [6.45, 7) is 17.1. The molecule has 0 bridgehead atoms. The second kappa shape index (κ2) is 8.99. The van der Waals surface area contributed by atoms with Gasteiger partial charge in [0.2, 0.25) is 5.95 Å². The van der Waals surface area contributed by atoms with E-state index in [2.05, 4.69) is 79.7 Å². The lowest BCUT2D eigenvalue weighted by atomic mass is 9.98. The average molecular weight is 493 g/mol. The van der Waals surface area contributed by atoms with Gasteiger partial charge in [0, 0.05) is 63.1 Å². The monoisotopic (exact) mass is 492 g/mol. The van der Waals surface area contributed by atoms with Crippen molar-refractivity contribution in [1.82, 2.24) is 44.1 Å². The van der Waals surface area contributed by atoms with Crippen LogP contribution < -0.4 is 4.90 Å². The van der Waals surface area contributed by atoms with Crippen LogP contribution in [-0.4, -0.2) is 75.8 Å². The van der Waals surface area contributed by atoms with Crippen molar-refractivity contribution >= 4 is 5.95 Å². The summed E-state index contributed by atoms with van der Waals surface area (Å²) in [5.41, 5.74) is 2.19. The number of anilines is 1. The van der Waals surface area contributed by atoms with E-state index in [1.54, 1.807) is 0 Å². The van der Waals surface area contributed by atoms with Gasteiger partial charge in [-0.05, 0) is 47.5 Å². The predicted octanol–water partition coefficient (Wildman–Crippen LogP) is 2.95. The van der Waals surface area contributed by atoms with Crippen LogP contribution in [0.1, 0.15) is 76.5 Å². The SMILES string of the molecule is CC(CC1CCN(C(C)C)c2nccn21)N1CCn2nc(C(C)(C)N3CCc4nc[nH]c4C3)nc2C1. The first-order valence-corrected chi connectivity index (χ1v) is 13.5. The lowest BCUT2D eigenvalue weighted by molar-refractivity contribution is 0.0927.